The van der Waals surface area contributed by atoms with Gasteiger partial charge in [0.1, 0.15) is 5.75 Å². The van der Waals surface area contributed by atoms with Crippen molar-refractivity contribution in [3.63, 3.8) is 0 Å². The predicted octanol–water partition coefficient (Wildman–Crippen LogP) is 3.24. The van der Waals surface area contributed by atoms with Crippen molar-refractivity contribution < 1.29 is 9.53 Å². The second-order valence-corrected chi connectivity index (χ2v) is 4.86. The molecule has 1 N–H and O–H groups in total. The third-order valence-electron chi connectivity index (χ3n) is 3.18. The molecule has 1 amide bonds. The monoisotopic (exact) mass is 263 g/mol. The topological polar surface area (TPSA) is 38.3 Å². The second kappa shape index (κ2) is 8.57. The summed E-state index contributed by atoms with van der Waals surface area (Å²) in [6.07, 6.45) is 4.61. The van der Waals surface area contributed by atoms with Gasteiger partial charge >= 0.3 is 0 Å². The van der Waals surface area contributed by atoms with E-state index in [1.165, 1.54) is 5.56 Å². The van der Waals surface area contributed by atoms with Crippen LogP contribution in [0.2, 0.25) is 0 Å². The average Bonchev–Trinajstić information content (AvgIpc) is 2.39. The van der Waals surface area contributed by atoms with Crippen LogP contribution in [0.5, 0.6) is 5.75 Å². The summed E-state index contributed by atoms with van der Waals surface area (Å²) >= 11 is 0. The van der Waals surface area contributed by atoms with Gasteiger partial charge in [0.15, 0.2) is 0 Å². The van der Waals surface area contributed by atoms with Crippen molar-refractivity contribution in [2.45, 2.75) is 46.0 Å². The van der Waals surface area contributed by atoms with E-state index in [1.807, 2.05) is 13.0 Å². The molecule has 0 atom stereocenters. The zero-order valence-corrected chi connectivity index (χ0v) is 12.3. The van der Waals surface area contributed by atoms with Gasteiger partial charge in [0.2, 0.25) is 5.91 Å². The Morgan fingerprint density at radius 2 is 2.11 bits per heavy atom. The molecule has 1 aromatic carbocycles. The number of ether oxygens (including phenoxy) is 1. The first-order valence-electron chi connectivity index (χ1n) is 7.07. The predicted molar refractivity (Wildman–Crippen MR) is 78.6 cm³/mol. The lowest BCUT2D eigenvalue weighted by molar-refractivity contribution is -0.121. The number of rotatable bonds is 8. The summed E-state index contributed by atoms with van der Waals surface area (Å²) in [6.45, 7) is 4.97. The maximum Gasteiger partial charge on any atom is 0.220 e. The number of carbonyl (C=O) groups excluding carboxylic acids is 1. The molecule has 0 fully saturated rings. The molecule has 0 heterocycles. The van der Waals surface area contributed by atoms with E-state index >= 15 is 0 Å². The Balaban J connectivity index is 2.29. The number of nitrogens with one attached hydrogen (secondary N) is 1. The minimum absolute atomic E-state index is 0.165. The van der Waals surface area contributed by atoms with Crippen LogP contribution in [-0.2, 0) is 11.2 Å². The van der Waals surface area contributed by atoms with E-state index in [4.69, 9.17) is 4.74 Å². The van der Waals surface area contributed by atoms with Gasteiger partial charge in [-0.25, -0.2) is 0 Å². The first kappa shape index (κ1) is 15.5. The number of methoxy groups -OCH3 is 1. The Hall–Kier alpha value is -1.51. The van der Waals surface area contributed by atoms with E-state index < -0.39 is 0 Å². The number of hydrogen-bond acceptors (Lipinski definition) is 2. The van der Waals surface area contributed by atoms with Crippen LogP contribution in [0.15, 0.2) is 18.2 Å². The summed E-state index contributed by atoms with van der Waals surface area (Å²) in [5, 5.41) is 2.94. The van der Waals surface area contributed by atoms with E-state index in [1.54, 1.807) is 7.11 Å². The Kier molecular flexibility index (Phi) is 7.01. The van der Waals surface area contributed by atoms with Crippen molar-refractivity contribution in [3.05, 3.63) is 29.3 Å². The summed E-state index contributed by atoms with van der Waals surface area (Å²) in [4.78, 5) is 11.5. The van der Waals surface area contributed by atoms with Crippen molar-refractivity contribution in [1.29, 1.82) is 0 Å². The summed E-state index contributed by atoms with van der Waals surface area (Å²) < 4.78 is 5.23. The fourth-order valence-electron chi connectivity index (χ4n) is 2.04. The molecule has 0 radical (unpaired) electrons. The Bertz CT molecular complexity index is 402. The van der Waals surface area contributed by atoms with Gasteiger partial charge in [0, 0.05) is 13.0 Å². The van der Waals surface area contributed by atoms with E-state index in [2.05, 4.69) is 24.4 Å². The lowest BCUT2D eigenvalue weighted by Gasteiger charge is -2.07. The smallest absolute Gasteiger partial charge is 0.220 e. The summed E-state index contributed by atoms with van der Waals surface area (Å²) in [6, 6.07) is 6.20. The van der Waals surface area contributed by atoms with Crippen LogP contribution in [0.25, 0.3) is 0 Å². The first-order chi connectivity index (χ1) is 9.17. The van der Waals surface area contributed by atoms with Crippen molar-refractivity contribution in [3.8, 4) is 5.75 Å². The third-order valence-corrected chi connectivity index (χ3v) is 3.18. The van der Waals surface area contributed by atoms with E-state index in [9.17, 15) is 4.79 Å². The van der Waals surface area contributed by atoms with Gasteiger partial charge in [-0.15, -0.1) is 0 Å². The van der Waals surface area contributed by atoms with Gasteiger partial charge in [-0.3, -0.25) is 4.79 Å². The van der Waals surface area contributed by atoms with Crippen LogP contribution in [0, 0.1) is 6.92 Å². The number of unbranched alkanes of at least 4 members (excludes halogenated alkanes) is 1. The molecule has 0 saturated carbocycles. The fraction of sp³-hybridized carbons (Fsp3) is 0.562. The fourth-order valence-corrected chi connectivity index (χ4v) is 2.04. The number of benzene rings is 1. The van der Waals surface area contributed by atoms with Gasteiger partial charge in [-0.2, -0.15) is 0 Å². The van der Waals surface area contributed by atoms with Gasteiger partial charge in [-0.1, -0.05) is 25.5 Å². The van der Waals surface area contributed by atoms with Crippen molar-refractivity contribution in [2.24, 2.45) is 0 Å². The zero-order chi connectivity index (χ0) is 14.1. The molecule has 3 heteroatoms. The van der Waals surface area contributed by atoms with Crippen LogP contribution < -0.4 is 10.1 Å². The minimum atomic E-state index is 0.165. The molecule has 0 saturated heterocycles. The third kappa shape index (κ3) is 5.77. The molecular formula is C16H25NO2. The maximum atomic E-state index is 11.5. The highest BCUT2D eigenvalue weighted by Crippen LogP contribution is 2.19. The number of carbonyl (C=O) groups is 1. The number of hydrogen-bond donors (Lipinski definition) is 1. The van der Waals surface area contributed by atoms with Gasteiger partial charge in [-0.05, 0) is 43.4 Å². The van der Waals surface area contributed by atoms with Crippen LogP contribution in [0.4, 0.5) is 0 Å². The largest absolute Gasteiger partial charge is 0.496 e. The lowest BCUT2D eigenvalue weighted by Crippen LogP contribution is -2.23. The van der Waals surface area contributed by atoms with Crippen molar-refractivity contribution in [1.82, 2.24) is 5.32 Å². The molecule has 106 valence electrons. The first-order valence-corrected chi connectivity index (χ1v) is 7.07. The van der Waals surface area contributed by atoms with Gasteiger partial charge in [0.25, 0.3) is 0 Å². The highest BCUT2D eigenvalue weighted by atomic mass is 16.5. The van der Waals surface area contributed by atoms with E-state index in [0.29, 0.717) is 6.42 Å². The van der Waals surface area contributed by atoms with Crippen molar-refractivity contribution >= 4 is 5.91 Å². The zero-order valence-electron chi connectivity index (χ0n) is 12.3. The molecule has 0 unspecified atom stereocenters. The van der Waals surface area contributed by atoms with Crippen LogP contribution in [0.3, 0.4) is 0 Å². The molecule has 3 nitrogen and oxygen atoms in total. The van der Waals surface area contributed by atoms with Gasteiger partial charge < -0.3 is 10.1 Å². The summed E-state index contributed by atoms with van der Waals surface area (Å²) in [7, 11) is 1.68. The van der Waals surface area contributed by atoms with Crippen molar-refractivity contribution in [2.75, 3.05) is 13.7 Å². The summed E-state index contributed by atoms with van der Waals surface area (Å²) in [5.74, 6) is 1.08. The highest BCUT2D eigenvalue weighted by molar-refractivity contribution is 5.75. The molecule has 0 aromatic heterocycles. The Morgan fingerprint density at radius 1 is 1.32 bits per heavy atom. The Morgan fingerprint density at radius 3 is 2.74 bits per heavy atom. The molecule has 0 aliphatic rings. The minimum Gasteiger partial charge on any atom is -0.496 e. The Labute approximate surface area is 116 Å². The maximum absolute atomic E-state index is 11.5. The highest BCUT2D eigenvalue weighted by Gasteiger charge is 2.03. The van der Waals surface area contributed by atoms with Gasteiger partial charge in [0.05, 0.1) is 7.11 Å². The second-order valence-electron chi connectivity index (χ2n) is 4.86. The average molecular weight is 263 g/mol. The molecule has 1 rings (SSSR count). The molecule has 0 aliphatic heterocycles. The standard InChI is InChI=1S/C16H25NO2/c1-4-5-11-17-16(18)8-6-7-14-9-10-15(19-3)13(2)12-14/h9-10,12H,4-8,11H2,1-3H3,(H,17,18). The molecule has 19 heavy (non-hydrogen) atoms. The summed E-state index contributed by atoms with van der Waals surface area (Å²) in [5.41, 5.74) is 2.41. The van der Waals surface area contributed by atoms with Crippen LogP contribution >= 0.6 is 0 Å². The molecule has 0 spiro atoms. The van der Waals surface area contributed by atoms with Crippen LogP contribution in [0.1, 0.15) is 43.7 Å². The number of aryl methyl sites for hydroxylation is 2. The molecule has 0 aliphatic carbocycles. The van der Waals surface area contributed by atoms with Crippen LogP contribution in [-0.4, -0.2) is 19.6 Å². The van der Waals surface area contributed by atoms with E-state index in [-0.39, 0.29) is 5.91 Å². The lowest BCUT2D eigenvalue weighted by atomic mass is 10.0. The molecular weight excluding hydrogens is 238 g/mol. The molecule has 0 bridgehead atoms. The molecule has 1 aromatic rings. The SMILES string of the molecule is CCCCNC(=O)CCCc1ccc(OC)c(C)c1. The van der Waals surface area contributed by atoms with E-state index in [0.717, 1.165) is 43.5 Å². The quantitative estimate of drug-likeness (QED) is 0.731. The number of amides is 1. The normalized spacial score (nSPS) is 10.3.